The van der Waals surface area contributed by atoms with Crippen LogP contribution in [0.4, 0.5) is 10.5 Å². The molecule has 1 atom stereocenters. The second-order valence-corrected chi connectivity index (χ2v) is 6.45. The first kappa shape index (κ1) is 16.3. The van der Waals surface area contributed by atoms with E-state index < -0.39 is 0 Å². The molecule has 3 aromatic rings. The maximum atomic E-state index is 12.4. The van der Waals surface area contributed by atoms with Gasteiger partial charge in [0.2, 0.25) is 0 Å². The van der Waals surface area contributed by atoms with Crippen LogP contribution in [0.1, 0.15) is 12.2 Å². The molecule has 7 heteroatoms. The van der Waals surface area contributed by atoms with Gasteiger partial charge in [-0.1, -0.05) is 18.2 Å². The SMILES string of the molecule is O=C(Nc1ccccc1)N1CCC(Cc2nc(-c3cccnc3)n[nH]2)C1. The Morgan fingerprint density at radius 3 is 2.92 bits per heavy atom. The van der Waals surface area contributed by atoms with Crippen LogP contribution < -0.4 is 5.32 Å². The lowest BCUT2D eigenvalue weighted by Gasteiger charge is -2.17. The van der Waals surface area contributed by atoms with Gasteiger partial charge in [-0.3, -0.25) is 10.1 Å². The molecule has 3 heterocycles. The number of aromatic amines is 1. The van der Waals surface area contributed by atoms with Gasteiger partial charge in [0.05, 0.1) is 0 Å². The number of amides is 2. The van der Waals surface area contributed by atoms with Crippen LogP contribution in [0, 0.1) is 5.92 Å². The minimum Gasteiger partial charge on any atom is -0.324 e. The number of carbonyl (C=O) groups is 1. The average Bonchev–Trinajstić information content (AvgIpc) is 3.33. The molecule has 7 nitrogen and oxygen atoms in total. The number of carbonyl (C=O) groups excluding carboxylic acids is 1. The summed E-state index contributed by atoms with van der Waals surface area (Å²) in [4.78, 5) is 22.9. The topological polar surface area (TPSA) is 86.8 Å². The number of nitrogens with one attached hydrogen (secondary N) is 2. The van der Waals surface area contributed by atoms with E-state index in [9.17, 15) is 4.79 Å². The minimum absolute atomic E-state index is 0.0488. The molecule has 1 aliphatic rings. The third-order valence-corrected chi connectivity index (χ3v) is 4.53. The molecule has 1 aliphatic heterocycles. The van der Waals surface area contributed by atoms with Crippen molar-refractivity contribution < 1.29 is 4.79 Å². The Morgan fingerprint density at radius 1 is 1.23 bits per heavy atom. The third kappa shape index (κ3) is 3.72. The molecule has 4 rings (SSSR count). The van der Waals surface area contributed by atoms with Crippen LogP contribution >= 0.6 is 0 Å². The highest BCUT2D eigenvalue weighted by atomic mass is 16.2. The highest BCUT2D eigenvalue weighted by molar-refractivity contribution is 5.89. The molecule has 0 spiro atoms. The number of benzene rings is 1. The number of likely N-dealkylation sites (tertiary alicyclic amines) is 1. The summed E-state index contributed by atoms with van der Waals surface area (Å²) in [5.74, 6) is 1.88. The zero-order valence-corrected chi connectivity index (χ0v) is 14.3. The molecule has 0 radical (unpaired) electrons. The van der Waals surface area contributed by atoms with Gasteiger partial charge in [0, 0.05) is 43.2 Å². The first-order valence-corrected chi connectivity index (χ1v) is 8.70. The molecule has 0 saturated carbocycles. The smallest absolute Gasteiger partial charge is 0.321 e. The summed E-state index contributed by atoms with van der Waals surface area (Å²) in [6, 6.07) is 13.3. The summed E-state index contributed by atoms with van der Waals surface area (Å²) in [5.41, 5.74) is 1.71. The van der Waals surface area contributed by atoms with Gasteiger partial charge in [0.15, 0.2) is 5.82 Å². The minimum atomic E-state index is -0.0488. The lowest BCUT2D eigenvalue weighted by atomic mass is 10.1. The van der Waals surface area contributed by atoms with Crippen LogP contribution in [-0.2, 0) is 6.42 Å². The standard InChI is InChI=1S/C19H20N6O/c26-19(21-16-6-2-1-3-7-16)25-10-8-14(13-25)11-17-22-18(24-23-17)15-5-4-9-20-12-15/h1-7,9,12,14H,8,10-11,13H2,(H,21,26)(H,22,23,24). The molecule has 2 aromatic heterocycles. The number of hydrogen-bond donors (Lipinski definition) is 2. The molecule has 1 fully saturated rings. The van der Waals surface area contributed by atoms with Gasteiger partial charge >= 0.3 is 6.03 Å². The molecular formula is C19H20N6O. The largest absolute Gasteiger partial charge is 0.324 e. The van der Waals surface area contributed by atoms with Crippen LogP contribution in [0.25, 0.3) is 11.4 Å². The lowest BCUT2D eigenvalue weighted by Crippen LogP contribution is -2.33. The summed E-state index contributed by atoms with van der Waals surface area (Å²) in [5, 5.41) is 10.2. The third-order valence-electron chi connectivity index (χ3n) is 4.53. The summed E-state index contributed by atoms with van der Waals surface area (Å²) < 4.78 is 0. The van der Waals surface area contributed by atoms with E-state index in [-0.39, 0.29) is 6.03 Å². The van der Waals surface area contributed by atoms with Gasteiger partial charge < -0.3 is 10.2 Å². The fourth-order valence-electron chi connectivity index (χ4n) is 3.19. The van der Waals surface area contributed by atoms with E-state index in [1.54, 1.807) is 12.4 Å². The molecule has 0 aliphatic carbocycles. The molecule has 0 bridgehead atoms. The number of hydrogen-bond acceptors (Lipinski definition) is 4. The van der Waals surface area contributed by atoms with Gasteiger partial charge in [-0.25, -0.2) is 9.78 Å². The van der Waals surface area contributed by atoms with E-state index in [2.05, 4.69) is 25.5 Å². The number of anilines is 1. The van der Waals surface area contributed by atoms with Crippen LogP contribution in [0.2, 0.25) is 0 Å². The van der Waals surface area contributed by atoms with E-state index in [1.165, 1.54) is 0 Å². The molecule has 26 heavy (non-hydrogen) atoms. The molecule has 2 amide bonds. The van der Waals surface area contributed by atoms with Crippen molar-refractivity contribution in [1.29, 1.82) is 0 Å². The Bertz CT molecular complexity index is 864. The van der Waals surface area contributed by atoms with E-state index in [4.69, 9.17) is 0 Å². The van der Waals surface area contributed by atoms with Crippen molar-refractivity contribution in [3.63, 3.8) is 0 Å². The zero-order valence-electron chi connectivity index (χ0n) is 14.3. The van der Waals surface area contributed by atoms with Crippen LogP contribution in [-0.4, -0.2) is 44.2 Å². The van der Waals surface area contributed by atoms with Crippen LogP contribution in [0.5, 0.6) is 0 Å². The Labute approximate surface area is 151 Å². The molecule has 2 N–H and O–H groups in total. The molecule has 1 saturated heterocycles. The summed E-state index contributed by atoms with van der Waals surface area (Å²) in [7, 11) is 0. The van der Waals surface area contributed by atoms with Gasteiger partial charge in [0.1, 0.15) is 5.82 Å². The number of pyridine rings is 1. The Balaban J connectivity index is 1.33. The van der Waals surface area contributed by atoms with Crippen LogP contribution in [0.15, 0.2) is 54.9 Å². The second-order valence-electron chi connectivity index (χ2n) is 6.45. The molecule has 1 unspecified atom stereocenters. The highest BCUT2D eigenvalue weighted by Crippen LogP contribution is 2.21. The van der Waals surface area contributed by atoms with E-state index in [0.717, 1.165) is 43.0 Å². The highest BCUT2D eigenvalue weighted by Gasteiger charge is 2.27. The van der Waals surface area contributed by atoms with Crippen molar-refractivity contribution in [3.05, 3.63) is 60.7 Å². The zero-order chi connectivity index (χ0) is 17.8. The first-order valence-electron chi connectivity index (χ1n) is 8.70. The van der Waals surface area contributed by atoms with Crippen molar-refractivity contribution in [3.8, 4) is 11.4 Å². The fourth-order valence-corrected chi connectivity index (χ4v) is 3.19. The Kier molecular flexibility index (Phi) is 4.59. The molecular weight excluding hydrogens is 328 g/mol. The lowest BCUT2D eigenvalue weighted by molar-refractivity contribution is 0.220. The fraction of sp³-hybridized carbons (Fsp3) is 0.263. The predicted octanol–water partition coefficient (Wildman–Crippen LogP) is 2.96. The normalized spacial score (nSPS) is 16.6. The van der Waals surface area contributed by atoms with Gasteiger partial charge in [0.25, 0.3) is 0 Å². The van der Waals surface area contributed by atoms with Crippen LogP contribution in [0.3, 0.4) is 0 Å². The maximum Gasteiger partial charge on any atom is 0.321 e. The number of aromatic nitrogens is 4. The number of H-pyrrole nitrogens is 1. The summed E-state index contributed by atoms with van der Waals surface area (Å²) in [6.07, 6.45) is 5.22. The summed E-state index contributed by atoms with van der Waals surface area (Å²) >= 11 is 0. The van der Waals surface area contributed by atoms with E-state index in [0.29, 0.717) is 11.7 Å². The number of urea groups is 1. The van der Waals surface area contributed by atoms with Crippen molar-refractivity contribution in [2.24, 2.45) is 5.92 Å². The number of nitrogens with zero attached hydrogens (tertiary/aromatic N) is 4. The molecule has 1 aromatic carbocycles. The Morgan fingerprint density at radius 2 is 2.12 bits per heavy atom. The quantitative estimate of drug-likeness (QED) is 0.759. The monoisotopic (exact) mass is 348 g/mol. The molecule has 132 valence electrons. The van der Waals surface area contributed by atoms with Gasteiger partial charge in [-0.2, -0.15) is 5.10 Å². The average molecular weight is 348 g/mol. The van der Waals surface area contributed by atoms with Crippen molar-refractivity contribution >= 4 is 11.7 Å². The predicted molar refractivity (Wildman–Crippen MR) is 98.5 cm³/mol. The first-order chi connectivity index (χ1) is 12.8. The van der Waals surface area contributed by atoms with E-state index >= 15 is 0 Å². The second kappa shape index (κ2) is 7.35. The number of para-hydroxylation sites is 1. The number of rotatable bonds is 4. The van der Waals surface area contributed by atoms with E-state index in [1.807, 2.05) is 47.4 Å². The van der Waals surface area contributed by atoms with Gasteiger partial charge in [-0.15, -0.1) is 0 Å². The van der Waals surface area contributed by atoms with Crippen molar-refractivity contribution in [2.75, 3.05) is 18.4 Å². The summed E-state index contributed by atoms with van der Waals surface area (Å²) in [6.45, 7) is 1.48. The Hall–Kier alpha value is -3.22. The maximum absolute atomic E-state index is 12.4. The van der Waals surface area contributed by atoms with Gasteiger partial charge in [-0.05, 0) is 36.6 Å². The van der Waals surface area contributed by atoms with Crippen molar-refractivity contribution in [1.82, 2.24) is 25.1 Å². The van der Waals surface area contributed by atoms with Crippen molar-refractivity contribution in [2.45, 2.75) is 12.8 Å².